The standard InChI is InChI=1S/C13H20O6/c1-5-8(2)10(14)19-13(3,4)12(16)18-9-6-7-17-11(9)15/h8-9H,5-7H2,1-4H3. The summed E-state index contributed by atoms with van der Waals surface area (Å²) in [6.07, 6.45) is 0.0628. The fourth-order valence-electron chi connectivity index (χ4n) is 1.42. The lowest BCUT2D eigenvalue weighted by Gasteiger charge is -2.25. The molecule has 0 bridgehead atoms. The molecule has 108 valence electrons. The van der Waals surface area contributed by atoms with Crippen molar-refractivity contribution in [1.82, 2.24) is 0 Å². The minimum atomic E-state index is -1.41. The fraction of sp³-hybridized carbons (Fsp3) is 0.769. The highest BCUT2D eigenvalue weighted by molar-refractivity contribution is 5.86. The monoisotopic (exact) mass is 272 g/mol. The molecule has 1 aliphatic heterocycles. The van der Waals surface area contributed by atoms with Gasteiger partial charge >= 0.3 is 17.9 Å². The number of hydrogen-bond acceptors (Lipinski definition) is 6. The quantitative estimate of drug-likeness (QED) is 0.553. The minimum Gasteiger partial charge on any atom is -0.463 e. The van der Waals surface area contributed by atoms with Gasteiger partial charge in [-0.3, -0.25) is 4.79 Å². The molecule has 0 aromatic carbocycles. The molecule has 1 saturated heterocycles. The van der Waals surface area contributed by atoms with E-state index in [4.69, 9.17) is 14.2 Å². The highest BCUT2D eigenvalue weighted by Gasteiger charge is 2.39. The molecule has 6 heteroatoms. The van der Waals surface area contributed by atoms with E-state index in [1.54, 1.807) is 6.92 Å². The van der Waals surface area contributed by atoms with Crippen molar-refractivity contribution in [2.24, 2.45) is 5.92 Å². The summed E-state index contributed by atoms with van der Waals surface area (Å²) in [5.41, 5.74) is -1.41. The second-order valence-corrected chi connectivity index (χ2v) is 5.09. The van der Waals surface area contributed by atoms with Gasteiger partial charge in [-0.05, 0) is 20.3 Å². The third kappa shape index (κ3) is 3.94. The van der Waals surface area contributed by atoms with E-state index < -0.39 is 29.6 Å². The Morgan fingerprint density at radius 3 is 2.58 bits per heavy atom. The van der Waals surface area contributed by atoms with E-state index in [-0.39, 0.29) is 12.5 Å². The van der Waals surface area contributed by atoms with Crippen LogP contribution in [0.15, 0.2) is 0 Å². The Morgan fingerprint density at radius 2 is 2.11 bits per heavy atom. The second kappa shape index (κ2) is 6.04. The van der Waals surface area contributed by atoms with Crippen molar-refractivity contribution in [3.63, 3.8) is 0 Å². The normalized spacial score (nSPS) is 20.6. The molecule has 0 aromatic heterocycles. The van der Waals surface area contributed by atoms with Gasteiger partial charge in [0.05, 0.1) is 12.5 Å². The maximum atomic E-state index is 11.9. The molecule has 19 heavy (non-hydrogen) atoms. The van der Waals surface area contributed by atoms with Crippen molar-refractivity contribution in [3.05, 3.63) is 0 Å². The first kappa shape index (κ1) is 15.5. The summed E-state index contributed by atoms with van der Waals surface area (Å²) >= 11 is 0. The molecular formula is C13H20O6. The van der Waals surface area contributed by atoms with E-state index in [0.29, 0.717) is 12.8 Å². The highest BCUT2D eigenvalue weighted by atomic mass is 16.6. The van der Waals surface area contributed by atoms with Crippen LogP contribution in [0.4, 0.5) is 0 Å². The first-order valence-electron chi connectivity index (χ1n) is 6.38. The first-order valence-corrected chi connectivity index (χ1v) is 6.38. The van der Waals surface area contributed by atoms with E-state index in [0.717, 1.165) is 0 Å². The Balaban J connectivity index is 2.58. The molecule has 2 atom stereocenters. The second-order valence-electron chi connectivity index (χ2n) is 5.09. The minimum absolute atomic E-state index is 0.240. The highest BCUT2D eigenvalue weighted by Crippen LogP contribution is 2.19. The van der Waals surface area contributed by atoms with Gasteiger partial charge in [-0.25, -0.2) is 9.59 Å². The third-order valence-corrected chi connectivity index (χ3v) is 3.00. The van der Waals surface area contributed by atoms with Crippen molar-refractivity contribution < 1.29 is 28.6 Å². The van der Waals surface area contributed by atoms with Crippen molar-refractivity contribution in [2.45, 2.75) is 52.2 Å². The van der Waals surface area contributed by atoms with E-state index in [2.05, 4.69) is 0 Å². The number of carbonyl (C=O) groups excluding carboxylic acids is 3. The van der Waals surface area contributed by atoms with Crippen LogP contribution < -0.4 is 0 Å². The molecule has 0 N–H and O–H groups in total. The van der Waals surface area contributed by atoms with Crippen molar-refractivity contribution in [3.8, 4) is 0 Å². The molecule has 2 unspecified atom stereocenters. The third-order valence-electron chi connectivity index (χ3n) is 3.00. The average molecular weight is 272 g/mol. The molecule has 1 fully saturated rings. The molecule has 6 nitrogen and oxygen atoms in total. The Labute approximate surface area is 112 Å². The summed E-state index contributed by atoms with van der Waals surface area (Å²) in [6, 6.07) is 0. The van der Waals surface area contributed by atoms with Gasteiger partial charge in [-0.2, -0.15) is 0 Å². The van der Waals surface area contributed by atoms with Crippen LogP contribution in [0.25, 0.3) is 0 Å². The predicted octanol–water partition coefficient (Wildman–Crippen LogP) is 1.21. The van der Waals surface area contributed by atoms with Gasteiger partial charge in [-0.1, -0.05) is 13.8 Å². The molecule has 0 radical (unpaired) electrons. The molecule has 0 spiro atoms. The smallest absolute Gasteiger partial charge is 0.350 e. The van der Waals surface area contributed by atoms with E-state index in [9.17, 15) is 14.4 Å². The van der Waals surface area contributed by atoms with Crippen LogP contribution in [-0.2, 0) is 28.6 Å². The molecule has 1 aliphatic rings. The Morgan fingerprint density at radius 1 is 1.47 bits per heavy atom. The number of carbonyl (C=O) groups is 3. The van der Waals surface area contributed by atoms with Crippen LogP contribution in [0.5, 0.6) is 0 Å². The van der Waals surface area contributed by atoms with E-state index >= 15 is 0 Å². The fourth-order valence-corrected chi connectivity index (χ4v) is 1.42. The van der Waals surface area contributed by atoms with Crippen LogP contribution >= 0.6 is 0 Å². The predicted molar refractivity (Wildman–Crippen MR) is 65.1 cm³/mol. The molecular weight excluding hydrogens is 252 g/mol. The van der Waals surface area contributed by atoms with Crippen molar-refractivity contribution >= 4 is 17.9 Å². The summed E-state index contributed by atoms with van der Waals surface area (Å²) in [4.78, 5) is 34.8. The molecule has 0 saturated carbocycles. The van der Waals surface area contributed by atoms with Crippen LogP contribution in [0.3, 0.4) is 0 Å². The number of cyclic esters (lactones) is 1. The number of rotatable bonds is 5. The van der Waals surface area contributed by atoms with Gasteiger partial charge in [0, 0.05) is 6.42 Å². The Hall–Kier alpha value is -1.59. The molecule has 0 aromatic rings. The summed E-state index contributed by atoms with van der Waals surface area (Å²) in [5, 5.41) is 0. The van der Waals surface area contributed by atoms with E-state index in [1.807, 2.05) is 6.92 Å². The lowest BCUT2D eigenvalue weighted by molar-refractivity contribution is -0.185. The van der Waals surface area contributed by atoms with Gasteiger partial charge in [0.2, 0.25) is 11.7 Å². The van der Waals surface area contributed by atoms with Crippen molar-refractivity contribution in [2.75, 3.05) is 6.61 Å². The SMILES string of the molecule is CCC(C)C(=O)OC(C)(C)C(=O)OC1CCOC1=O. The lowest BCUT2D eigenvalue weighted by Crippen LogP contribution is -2.42. The van der Waals surface area contributed by atoms with Crippen LogP contribution in [0.2, 0.25) is 0 Å². The van der Waals surface area contributed by atoms with Gasteiger partial charge in [-0.15, -0.1) is 0 Å². The Kier molecular flexibility index (Phi) is 4.91. The summed E-state index contributed by atoms with van der Waals surface area (Å²) in [7, 11) is 0. The van der Waals surface area contributed by atoms with Gasteiger partial charge < -0.3 is 14.2 Å². The van der Waals surface area contributed by atoms with Crippen LogP contribution in [-0.4, -0.2) is 36.2 Å². The summed E-state index contributed by atoms with van der Waals surface area (Å²) in [6.45, 7) is 6.69. The molecule has 0 aliphatic carbocycles. The maximum Gasteiger partial charge on any atom is 0.350 e. The largest absolute Gasteiger partial charge is 0.463 e. The topological polar surface area (TPSA) is 78.9 Å². The van der Waals surface area contributed by atoms with E-state index in [1.165, 1.54) is 13.8 Å². The average Bonchev–Trinajstić information content (AvgIpc) is 2.73. The Bertz CT molecular complexity index is 373. The van der Waals surface area contributed by atoms with Crippen molar-refractivity contribution in [1.29, 1.82) is 0 Å². The summed E-state index contributed by atoms with van der Waals surface area (Å²) in [5.74, 6) is -2.05. The molecule has 1 rings (SSSR count). The van der Waals surface area contributed by atoms with Gasteiger partial charge in [0.1, 0.15) is 0 Å². The van der Waals surface area contributed by atoms with Crippen LogP contribution in [0.1, 0.15) is 40.5 Å². The molecule has 0 amide bonds. The number of ether oxygens (including phenoxy) is 3. The van der Waals surface area contributed by atoms with Gasteiger partial charge in [0.15, 0.2) is 0 Å². The number of esters is 3. The zero-order valence-corrected chi connectivity index (χ0v) is 11.7. The molecule has 1 heterocycles. The number of hydrogen-bond donors (Lipinski definition) is 0. The lowest BCUT2D eigenvalue weighted by atomic mass is 10.1. The van der Waals surface area contributed by atoms with Gasteiger partial charge in [0.25, 0.3) is 0 Å². The first-order chi connectivity index (χ1) is 8.77. The van der Waals surface area contributed by atoms with Crippen LogP contribution in [0, 0.1) is 5.92 Å². The summed E-state index contributed by atoms with van der Waals surface area (Å²) < 4.78 is 14.8. The zero-order chi connectivity index (χ0) is 14.6. The maximum absolute atomic E-state index is 11.9. The zero-order valence-electron chi connectivity index (χ0n) is 11.7.